The van der Waals surface area contributed by atoms with Crippen molar-refractivity contribution >= 4 is 15.9 Å². The van der Waals surface area contributed by atoms with Gasteiger partial charge in [0, 0.05) is 17.6 Å². The quantitative estimate of drug-likeness (QED) is 0.739. The van der Waals surface area contributed by atoms with Crippen LogP contribution in [0.3, 0.4) is 0 Å². The van der Waals surface area contributed by atoms with Crippen molar-refractivity contribution < 1.29 is 4.39 Å². The Kier molecular flexibility index (Phi) is 2.39. The molecule has 1 aliphatic heterocycles. The molecule has 13 heavy (non-hydrogen) atoms. The van der Waals surface area contributed by atoms with Crippen LogP contribution in [0.25, 0.3) is 0 Å². The molecule has 0 radical (unpaired) electrons. The average Bonchev–Trinajstić information content (AvgIpc) is 2.12. The lowest BCUT2D eigenvalue weighted by molar-refractivity contribution is 0.521. The zero-order chi connectivity index (χ0) is 9.42. The summed E-state index contributed by atoms with van der Waals surface area (Å²) in [6, 6.07) is 3.30. The molecule has 0 spiro atoms. The largest absolute Gasteiger partial charge is 0.312 e. The second-order valence-corrected chi connectivity index (χ2v) is 4.31. The molecule has 0 saturated carbocycles. The lowest BCUT2D eigenvalue weighted by Crippen LogP contribution is -2.27. The normalized spacial score (nSPS) is 21.3. The van der Waals surface area contributed by atoms with Gasteiger partial charge < -0.3 is 5.32 Å². The highest BCUT2D eigenvalue weighted by molar-refractivity contribution is 9.10. The fraction of sp³-hybridized carbons (Fsp3) is 0.400. The summed E-state index contributed by atoms with van der Waals surface area (Å²) in [5.74, 6) is 0.188. The first-order valence-corrected chi connectivity index (χ1v) is 5.17. The number of nitrogens with one attached hydrogen (secondary N) is 1. The summed E-state index contributed by atoms with van der Waals surface area (Å²) < 4.78 is 14.5. The van der Waals surface area contributed by atoms with E-state index in [4.69, 9.17) is 0 Å². The molecule has 0 bridgehead atoms. The van der Waals surface area contributed by atoms with Crippen LogP contribution >= 0.6 is 15.9 Å². The third kappa shape index (κ3) is 1.51. The van der Waals surface area contributed by atoms with Crippen molar-refractivity contribution in [3.8, 4) is 0 Å². The molecule has 0 aromatic heterocycles. The van der Waals surface area contributed by atoms with Crippen LogP contribution in [-0.4, -0.2) is 6.54 Å². The Balaban J connectivity index is 2.60. The summed E-state index contributed by atoms with van der Waals surface area (Å²) >= 11 is 3.44. The molecule has 3 heteroatoms. The number of fused-ring (bicyclic) bond motifs is 1. The highest BCUT2D eigenvalue weighted by Gasteiger charge is 2.21. The van der Waals surface area contributed by atoms with E-state index in [2.05, 4.69) is 21.2 Å². The lowest BCUT2D eigenvalue weighted by Gasteiger charge is -2.24. The van der Waals surface area contributed by atoms with Crippen molar-refractivity contribution in [1.29, 1.82) is 0 Å². The van der Waals surface area contributed by atoms with Gasteiger partial charge in [0.15, 0.2) is 0 Å². The minimum absolute atomic E-state index is 0.0767. The average molecular weight is 244 g/mol. The van der Waals surface area contributed by atoms with Crippen molar-refractivity contribution in [3.63, 3.8) is 0 Å². The van der Waals surface area contributed by atoms with Crippen molar-refractivity contribution in [2.24, 2.45) is 0 Å². The van der Waals surface area contributed by atoms with Crippen LogP contribution in [0.2, 0.25) is 0 Å². The predicted molar refractivity (Wildman–Crippen MR) is 54.2 cm³/mol. The third-order valence-electron chi connectivity index (χ3n) is 2.49. The van der Waals surface area contributed by atoms with Crippen LogP contribution in [0, 0.1) is 5.82 Å². The molecular weight excluding hydrogens is 233 g/mol. The summed E-state index contributed by atoms with van der Waals surface area (Å²) in [5, 5.41) is 3.26. The molecule has 1 atom stereocenters. The zero-order valence-corrected chi connectivity index (χ0v) is 8.99. The van der Waals surface area contributed by atoms with Gasteiger partial charge in [-0.05, 0) is 29.2 Å². The molecule has 1 aromatic carbocycles. The molecule has 0 amide bonds. The SMILES string of the molecule is CC1CNCc2c(Br)ccc(F)c21. The van der Waals surface area contributed by atoms with Crippen LogP contribution in [-0.2, 0) is 6.54 Å². The summed E-state index contributed by atoms with van der Waals surface area (Å²) in [7, 11) is 0. The third-order valence-corrected chi connectivity index (χ3v) is 3.23. The summed E-state index contributed by atoms with van der Waals surface area (Å²) in [6.45, 7) is 3.67. The number of rotatable bonds is 0. The van der Waals surface area contributed by atoms with E-state index in [0.29, 0.717) is 0 Å². The Bertz CT molecular complexity index is 338. The van der Waals surface area contributed by atoms with E-state index < -0.39 is 0 Å². The fourth-order valence-corrected chi connectivity index (χ4v) is 2.32. The monoisotopic (exact) mass is 243 g/mol. The van der Waals surface area contributed by atoms with E-state index in [9.17, 15) is 4.39 Å². The van der Waals surface area contributed by atoms with Crippen molar-refractivity contribution in [1.82, 2.24) is 5.32 Å². The molecule has 0 saturated heterocycles. The molecule has 0 fully saturated rings. The Hall–Kier alpha value is -0.410. The first-order chi connectivity index (χ1) is 6.20. The minimum Gasteiger partial charge on any atom is -0.312 e. The van der Waals surface area contributed by atoms with Crippen LogP contribution in [0.5, 0.6) is 0 Å². The van der Waals surface area contributed by atoms with Crippen LogP contribution in [0.4, 0.5) is 4.39 Å². The summed E-state index contributed by atoms with van der Waals surface area (Å²) in [4.78, 5) is 0. The Morgan fingerprint density at radius 3 is 3.00 bits per heavy atom. The molecule has 0 aliphatic carbocycles. The van der Waals surface area contributed by atoms with Crippen LogP contribution in [0.1, 0.15) is 24.0 Å². The number of hydrogen-bond donors (Lipinski definition) is 1. The predicted octanol–water partition coefficient (Wildman–Crippen LogP) is 2.79. The van der Waals surface area contributed by atoms with Crippen molar-refractivity contribution in [2.45, 2.75) is 19.4 Å². The van der Waals surface area contributed by atoms with E-state index in [1.165, 1.54) is 6.07 Å². The van der Waals surface area contributed by atoms with E-state index in [1.807, 2.05) is 6.92 Å². The van der Waals surface area contributed by atoms with Gasteiger partial charge in [-0.3, -0.25) is 0 Å². The summed E-state index contributed by atoms with van der Waals surface area (Å²) in [5.41, 5.74) is 1.94. The molecule has 1 aliphatic rings. The molecule has 1 nitrogen and oxygen atoms in total. The van der Waals surface area contributed by atoms with Crippen molar-refractivity contribution in [2.75, 3.05) is 6.54 Å². The maximum Gasteiger partial charge on any atom is 0.127 e. The van der Waals surface area contributed by atoms with E-state index in [-0.39, 0.29) is 11.7 Å². The van der Waals surface area contributed by atoms with Gasteiger partial charge in [-0.15, -0.1) is 0 Å². The molecule has 2 rings (SSSR count). The maximum atomic E-state index is 13.5. The molecular formula is C10H11BrFN. The standard InChI is InChI=1S/C10H11BrFN/c1-6-4-13-5-7-8(11)2-3-9(12)10(6)7/h2-3,6,13H,4-5H2,1H3. The van der Waals surface area contributed by atoms with Gasteiger partial charge in [-0.25, -0.2) is 4.39 Å². The first kappa shape index (κ1) is 9.16. The Labute approximate surface area is 85.5 Å². The molecule has 70 valence electrons. The van der Waals surface area contributed by atoms with Gasteiger partial charge in [0.05, 0.1) is 0 Å². The molecule has 1 heterocycles. The lowest BCUT2D eigenvalue weighted by atomic mass is 9.92. The number of benzene rings is 1. The topological polar surface area (TPSA) is 12.0 Å². The van der Waals surface area contributed by atoms with Gasteiger partial charge in [0.2, 0.25) is 0 Å². The molecule has 1 N–H and O–H groups in total. The maximum absolute atomic E-state index is 13.5. The molecule has 1 aromatic rings. The summed E-state index contributed by atoms with van der Waals surface area (Å²) in [6.07, 6.45) is 0. The molecule has 1 unspecified atom stereocenters. The smallest absolute Gasteiger partial charge is 0.127 e. The van der Waals surface area contributed by atoms with E-state index in [1.54, 1.807) is 6.07 Å². The number of hydrogen-bond acceptors (Lipinski definition) is 1. The fourth-order valence-electron chi connectivity index (χ4n) is 1.84. The van der Waals surface area contributed by atoms with E-state index in [0.717, 1.165) is 28.7 Å². The van der Waals surface area contributed by atoms with Gasteiger partial charge in [-0.1, -0.05) is 22.9 Å². The van der Waals surface area contributed by atoms with E-state index >= 15 is 0 Å². The minimum atomic E-state index is -0.0767. The van der Waals surface area contributed by atoms with Crippen molar-refractivity contribution in [3.05, 3.63) is 33.5 Å². The highest BCUT2D eigenvalue weighted by atomic mass is 79.9. The first-order valence-electron chi connectivity index (χ1n) is 4.37. The Morgan fingerprint density at radius 1 is 1.54 bits per heavy atom. The Morgan fingerprint density at radius 2 is 2.31 bits per heavy atom. The second kappa shape index (κ2) is 3.39. The van der Waals surface area contributed by atoms with Gasteiger partial charge >= 0.3 is 0 Å². The zero-order valence-electron chi connectivity index (χ0n) is 7.40. The van der Waals surface area contributed by atoms with Gasteiger partial charge in [0.25, 0.3) is 0 Å². The van der Waals surface area contributed by atoms with Crippen LogP contribution in [0.15, 0.2) is 16.6 Å². The van der Waals surface area contributed by atoms with Crippen LogP contribution < -0.4 is 5.32 Å². The van der Waals surface area contributed by atoms with Gasteiger partial charge in [0.1, 0.15) is 5.82 Å². The second-order valence-electron chi connectivity index (χ2n) is 3.45. The highest BCUT2D eigenvalue weighted by Crippen LogP contribution is 2.31. The number of halogens is 2. The van der Waals surface area contributed by atoms with Gasteiger partial charge in [-0.2, -0.15) is 0 Å².